The zero-order chi connectivity index (χ0) is 13.9. The quantitative estimate of drug-likeness (QED) is 0.762. The summed E-state index contributed by atoms with van der Waals surface area (Å²) < 4.78 is 0. The fourth-order valence-corrected chi connectivity index (χ4v) is 2.21. The Balaban J connectivity index is 2.16. The molecule has 0 saturated heterocycles. The standard InChI is InChI=1S/C17H14N2O/c1-12(20)18-16-9-5-8-14-10-11-15(19-17(14)16)13-6-3-2-4-7-13/h2-11H,1H3,(H,18,20). The molecule has 0 bridgehead atoms. The van der Waals surface area contributed by atoms with Crippen molar-refractivity contribution in [2.45, 2.75) is 6.92 Å². The van der Waals surface area contributed by atoms with Crippen LogP contribution in [0.5, 0.6) is 0 Å². The van der Waals surface area contributed by atoms with E-state index in [1.165, 1.54) is 6.92 Å². The van der Waals surface area contributed by atoms with Gasteiger partial charge in [-0.05, 0) is 12.1 Å². The average Bonchev–Trinajstić information content (AvgIpc) is 2.47. The zero-order valence-electron chi connectivity index (χ0n) is 11.1. The van der Waals surface area contributed by atoms with E-state index in [1.54, 1.807) is 0 Å². The number of hydrogen-bond acceptors (Lipinski definition) is 2. The lowest BCUT2D eigenvalue weighted by molar-refractivity contribution is -0.114. The van der Waals surface area contributed by atoms with Crippen LogP contribution in [-0.2, 0) is 4.79 Å². The van der Waals surface area contributed by atoms with Gasteiger partial charge in [-0.25, -0.2) is 4.98 Å². The summed E-state index contributed by atoms with van der Waals surface area (Å²) in [7, 11) is 0. The minimum Gasteiger partial charge on any atom is -0.324 e. The molecule has 0 radical (unpaired) electrons. The maximum absolute atomic E-state index is 11.3. The molecule has 1 aromatic heterocycles. The zero-order valence-corrected chi connectivity index (χ0v) is 11.1. The van der Waals surface area contributed by atoms with E-state index in [4.69, 9.17) is 0 Å². The number of carbonyl (C=O) groups is 1. The van der Waals surface area contributed by atoms with Gasteiger partial charge in [-0.3, -0.25) is 4.79 Å². The van der Waals surface area contributed by atoms with Gasteiger partial charge in [-0.1, -0.05) is 48.5 Å². The van der Waals surface area contributed by atoms with Crippen LogP contribution in [-0.4, -0.2) is 10.9 Å². The van der Waals surface area contributed by atoms with Gasteiger partial charge in [0.05, 0.1) is 16.9 Å². The Morgan fingerprint density at radius 2 is 1.75 bits per heavy atom. The molecule has 0 aliphatic heterocycles. The van der Waals surface area contributed by atoms with Crippen molar-refractivity contribution in [3.05, 3.63) is 60.7 Å². The Bertz CT molecular complexity index is 766. The van der Waals surface area contributed by atoms with Crippen molar-refractivity contribution in [3.63, 3.8) is 0 Å². The molecule has 0 saturated carbocycles. The molecule has 1 heterocycles. The number of nitrogens with zero attached hydrogens (tertiary/aromatic N) is 1. The van der Waals surface area contributed by atoms with Gasteiger partial charge in [0.25, 0.3) is 0 Å². The summed E-state index contributed by atoms with van der Waals surface area (Å²) in [6, 6.07) is 19.8. The first kappa shape index (κ1) is 12.4. The predicted molar refractivity (Wildman–Crippen MR) is 81.5 cm³/mol. The largest absolute Gasteiger partial charge is 0.324 e. The van der Waals surface area contributed by atoms with Crippen LogP contribution in [0, 0.1) is 0 Å². The molecule has 20 heavy (non-hydrogen) atoms. The third kappa shape index (κ3) is 2.38. The molecule has 0 fully saturated rings. The monoisotopic (exact) mass is 262 g/mol. The minimum atomic E-state index is -0.0931. The number of carbonyl (C=O) groups excluding carboxylic acids is 1. The Morgan fingerprint density at radius 3 is 2.50 bits per heavy atom. The summed E-state index contributed by atoms with van der Waals surface area (Å²) in [5.41, 5.74) is 3.51. The van der Waals surface area contributed by atoms with E-state index >= 15 is 0 Å². The molecular weight excluding hydrogens is 248 g/mol. The van der Waals surface area contributed by atoms with Crippen molar-refractivity contribution in [1.82, 2.24) is 4.98 Å². The number of rotatable bonds is 2. The lowest BCUT2D eigenvalue weighted by Crippen LogP contribution is -2.06. The number of hydrogen-bond donors (Lipinski definition) is 1. The van der Waals surface area contributed by atoms with Gasteiger partial charge in [0.15, 0.2) is 0 Å². The molecule has 0 atom stereocenters. The molecule has 1 amide bonds. The second kappa shape index (κ2) is 5.13. The third-order valence-electron chi connectivity index (χ3n) is 3.10. The van der Waals surface area contributed by atoms with Gasteiger partial charge in [0.1, 0.15) is 0 Å². The van der Waals surface area contributed by atoms with Gasteiger partial charge < -0.3 is 5.32 Å². The van der Waals surface area contributed by atoms with E-state index < -0.39 is 0 Å². The molecule has 2 aromatic carbocycles. The molecular formula is C17H14N2O. The van der Waals surface area contributed by atoms with Gasteiger partial charge in [-0.15, -0.1) is 0 Å². The van der Waals surface area contributed by atoms with Crippen molar-refractivity contribution in [2.75, 3.05) is 5.32 Å². The first-order valence-corrected chi connectivity index (χ1v) is 6.47. The van der Waals surface area contributed by atoms with Crippen LogP contribution in [0.15, 0.2) is 60.7 Å². The number of aromatic nitrogens is 1. The SMILES string of the molecule is CC(=O)Nc1cccc2ccc(-c3ccccc3)nc12. The van der Waals surface area contributed by atoms with E-state index in [0.29, 0.717) is 0 Å². The summed E-state index contributed by atoms with van der Waals surface area (Å²) in [6.07, 6.45) is 0. The fraction of sp³-hybridized carbons (Fsp3) is 0.0588. The second-order valence-corrected chi connectivity index (χ2v) is 4.62. The Hall–Kier alpha value is -2.68. The van der Waals surface area contributed by atoms with Crippen molar-refractivity contribution >= 4 is 22.5 Å². The predicted octanol–water partition coefficient (Wildman–Crippen LogP) is 3.86. The summed E-state index contributed by atoms with van der Waals surface area (Å²) >= 11 is 0. The van der Waals surface area contributed by atoms with Crippen molar-refractivity contribution < 1.29 is 4.79 Å². The lowest BCUT2D eigenvalue weighted by Gasteiger charge is -2.08. The number of amides is 1. The van der Waals surface area contributed by atoms with Gasteiger partial charge in [0.2, 0.25) is 5.91 Å². The smallest absolute Gasteiger partial charge is 0.221 e. The highest BCUT2D eigenvalue weighted by Gasteiger charge is 2.06. The molecule has 98 valence electrons. The van der Waals surface area contributed by atoms with E-state index in [1.807, 2.05) is 60.7 Å². The molecule has 0 aliphatic carbocycles. The fourth-order valence-electron chi connectivity index (χ4n) is 2.21. The van der Waals surface area contributed by atoms with Crippen molar-refractivity contribution in [1.29, 1.82) is 0 Å². The third-order valence-corrected chi connectivity index (χ3v) is 3.10. The number of pyridine rings is 1. The van der Waals surface area contributed by atoms with E-state index in [0.717, 1.165) is 27.8 Å². The Morgan fingerprint density at radius 1 is 0.950 bits per heavy atom. The van der Waals surface area contributed by atoms with Crippen molar-refractivity contribution in [2.24, 2.45) is 0 Å². The maximum Gasteiger partial charge on any atom is 0.221 e. The molecule has 3 heteroatoms. The topological polar surface area (TPSA) is 42.0 Å². The number of para-hydroxylation sites is 1. The number of fused-ring (bicyclic) bond motifs is 1. The highest BCUT2D eigenvalue weighted by molar-refractivity contribution is 6.00. The minimum absolute atomic E-state index is 0.0931. The highest BCUT2D eigenvalue weighted by atomic mass is 16.1. The van der Waals surface area contributed by atoms with Crippen molar-refractivity contribution in [3.8, 4) is 11.3 Å². The second-order valence-electron chi connectivity index (χ2n) is 4.62. The van der Waals surface area contributed by atoms with Crippen LogP contribution < -0.4 is 5.32 Å². The van der Waals surface area contributed by atoms with Crippen LogP contribution in [0.2, 0.25) is 0 Å². The number of anilines is 1. The van der Waals surface area contributed by atoms with Gasteiger partial charge in [-0.2, -0.15) is 0 Å². The first-order chi connectivity index (χ1) is 9.74. The summed E-state index contributed by atoms with van der Waals surface area (Å²) in [4.78, 5) is 16.0. The first-order valence-electron chi connectivity index (χ1n) is 6.47. The average molecular weight is 262 g/mol. The highest BCUT2D eigenvalue weighted by Crippen LogP contribution is 2.25. The molecule has 0 unspecified atom stereocenters. The summed E-state index contributed by atoms with van der Waals surface area (Å²) in [6.45, 7) is 1.50. The summed E-state index contributed by atoms with van der Waals surface area (Å²) in [5.74, 6) is -0.0931. The molecule has 3 rings (SSSR count). The molecule has 0 aliphatic rings. The van der Waals surface area contributed by atoms with Gasteiger partial charge >= 0.3 is 0 Å². The van der Waals surface area contributed by atoms with Crippen LogP contribution in [0.25, 0.3) is 22.2 Å². The van der Waals surface area contributed by atoms with Gasteiger partial charge in [0, 0.05) is 17.9 Å². The van der Waals surface area contributed by atoms with Crippen LogP contribution in [0.3, 0.4) is 0 Å². The molecule has 1 N–H and O–H groups in total. The molecule has 3 aromatic rings. The molecule has 0 spiro atoms. The van der Waals surface area contributed by atoms with E-state index in [9.17, 15) is 4.79 Å². The Kier molecular flexibility index (Phi) is 3.17. The summed E-state index contributed by atoms with van der Waals surface area (Å²) in [5, 5.41) is 3.84. The van der Waals surface area contributed by atoms with Crippen LogP contribution in [0.4, 0.5) is 5.69 Å². The van der Waals surface area contributed by atoms with E-state index in [-0.39, 0.29) is 5.91 Å². The van der Waals surface area contributed by atoms with Crippen LogP contribution >= 0.6 is 0 Å². The maximum atomic E-state index is 11.3. The van der Waals surface area contributed by atoms with Crippen LogP contribution in [0.1, 0.15) is 6.92 Å². The number of nitrogens with one attached hydrogen (secondary N) is 1. The number of benzene rings is 2. The molecule has 3 nitrogen and oxygen atoms in total. The van der Waals surface area contributed by atoms with E-state index in [2.05, 4.69) is 10.3 Å². The Labute approximate surface area is 117 Å². The normalized spacial score (nSPS) is 10.4. The lowest BCUT2D eigenvalue weighted by atomic mass is 10.1.